The standard InChI is InChI=1S/C13H18ClNO2/c1-4-10(7-16)15-13(17)11-5-8(2)9(3)6-12(11)14/h5-6,10,16H,4,7H2,1-3H3,(H,15,17). The number of benzene rings is 1. The number of halogens is 1. The van der Waals surface area contributed by atoms with E-state index in [1.54, 1.807) is 12.1 Å². The maximum absolute atomic E-state index is 12.0. The van der Waals surface area contributed by atoms with Crippen molar-refractivity contribution in [1.29, 1.82) is 0 Å². The molecule has 1 atom stereocenters. The Morgan fingerprint density at radius 1 is 1.41 bits per heavy atom. The maximum Gasteiger partial charge on any atom is 0.253 e. The van der Waals surface area contributed by atoms with Crippen LogP contribution in [0, 0.1) is 13.8 Å². The van der Waals surface area contributed by atoms with Crippen molar-refractivity contribution >= 4 is 17.5 Å². The summed E-state index contributed by atoms with van der Waals surface area (Å²) in [5.41, 5.74) is 2.54. The summed E-state index contributed by atoms with van der Waals surface area (Å²) in [6.07, 6.45) is 0.685. The molecule has 1 amide bonds. The Morgan fingerprint density at radius 3 is 2.53 bits per heavy atom. The molecule has 1 aromatic carbocycles. The van der Waals surface area contributed by atoms with Crippen molar-refractivity contribution in [1.82, 2.24) is 5.32 Å². The number of hydrogen-bond acceptors (Lipinski definition) is 2. The lowest BCUT2D eigenvalue weighted by Gasteiger charge is -2.15. The van der Waals surface area contributed by atoms with Crippen molar-refractivity contribution in [3.8, 4) is 0 Å². The van der Waals surface area contributed by atoms with E-state index in [1.807, 2.05) is 20.8 Å². The normalized spacial score (nSPS) is 12.3. The summed E-state index contributed by atoms with van der Waals surface area (Å²) in [5.74, 6) is -0.237. The minimum atomic E-state index is -0.237. The van der Waals surface area contributed by atoms with Gasteiger partial charge in [0.2, 0.25) is 0 Å². The number of amides is 1. The highest BCUT2D eigenvalue weighted by Gasteiger charge is 2.15. The Kier molecular flexibility index (Phi) is 4.97. The highest BCUT2D eigenvalue weighted by atomic mass is 35.5. The predicted octanol–water partition coefficient (Wildman–Crippen LogP) is 2.46. The number of carbonyl (C=O) groups is 1. The number of aryl methyl sites for hydroxylation is 2. The van der Waals surface area contributed by atoms with Gasteiger partial charge in [-0.05, 0) is 43.5 Å². The van der Waals surface area contributed by atoms with E-state index in [2.05, 4.69) is 5.32 Å². The molecule has 4 heteroatoms. The Hall–Kier alpha value is -1.06. The molecular weight excluding hydrogens is 238 g/mol. The average Bonchev–Trinajstić information content (AvgIpc) is 2.30. The minimum Gasteiger partial charge on any atom is -0.394 e. The van der Waals surface area contributed by atoms with E-state index in [-0.39, 0.29) is 18.6 Å². The molecule has 94 valence electrons. The summed E-state index contributed by atoms with van der Waals surface area (Å²) >= 11 is 6.04. The maximum atomic E-state index is 12.0. The van der Waals surface area contributed by atoms with Crippen LogP contribution in [0.15, 0.2) is 12.1 Å². The van der Waals surface area contributed by atoms with Crippen LogP contribution in [0.25, 0.3) is 0 Å². The number of aliphatic hydroxyl groups excluding tert-OH is 1. The van der Waals surface area contributed by atoms with Crippen LogP contribution in [0.3, 0.4) is 0 Å². The first kappa shape index (κ1) is 14.0. The zero-order valence-electron chi connectivity index (χ0n) is 10.4. The third kappa shape index (κ3) is 3.45. The average molecular weight is 256 g/mol. The zero-order valence-corrected chi connectivity index (χ0v) is 11.1. The lowest BCUT2D eigenvalue weighted by molar-refractivity contribution is 0.0915. The monoisotopic (exact) mass is 255 g/mol. The van der Waals surface area contributed by atoms with Crippen LogP contribution in [0.2, 0.25) is 5.02 Å². The molecule has 0 bridgehead atoms. The second-order valence-corrected chi connectivity index (χ2v) is 4.58. The van der Waals surface area contributed by atoms with E-state index < -0.39 is 0 Å². The fourth-order valence-corrected chi connectivity index (χ4v) is 1.80. The molecule has 1 aromatic rings. The molecule has 0 saturated carbocycles. The smallest absolute Gasteiger partial charge is 0.253 e. The second kappa shape index (κ2) is 6.03. The van der Waals surface area contributed by atoms with Gasteiger partial charge in [-0.3, -0.25) is 4.79 Å². The van der Waals surface area contributed by atoms with Gasteiger partial charge >= 0.3 is 0 Å². The molecule has 3 nitrogen and oxygen atoms in total. The molecule has 17 heavy (non-hydrogen) atoms. The van der Waals surface area contributed by atoms with E-state index in [0.29, 0.717) is 17.0 Å². The Morgan fingerprint density at radius 2 is 2.00 bits per heavy atom. The summed E-state index contributed by atoms with van der Waals surface area (Å²) < 4.78 is 0. The van der Waals surface area contributed by atoms with Crippen LogP contribution in [-0.2, 0) is 0 Å². The minimum absolute atomic E-state index is 0.0648. The van der Waals surface area contributed by atoms with Gasteiger partial charge < -0.3 is 10.4 Å². The lowest BCUT2D eigenvalue weighted by Crippen LogP contribution is -2.37. The Bertz CT molecular complexity index is 414. The molecule has 0 aliphatic rings. The molecule has 1 unspecified atom stereocenters. The summed E-state index contributed by atoms with van der Waals surface area (Å²) in [7, 11) is 0. The van der Waals surface area contributed by atoms with Crippen molar-refractivity contribution in [3.05, 3.63) is 33.8 Å². The first-order chi connectivity index (χ1) is 7.99. The van der Waals surface area contributed by atoms with Gasteiger partial charge in [0.1, 0.15) is 0 Å². The molecule has 0 heterocycles. The van der Waals surface area contributed by atoms with Gasteiger partial charge in [0.05, 0.1) is 23.2 Å². The van der Waals surface area contributed by atoms with Crippen LogP contribution >= 0.6 is 11.6 Å². The topological polar surface area (TPSA) is 49.3 Å². The van der Waals surface area contributed by atoms with E-state index in [4.69, 9.17) is 16.7 Å². The van der Waals surface area contributed by atoms with Crippen LogP contribution in [-0.4, -0.2) is 23.7 Å². The molecule has 0 aliphatic heterocycles. The SMILES string of the molecule is CCC(CO)NC(=O)c1cc(C)c(C)cc1Cl. The van der Waals surface area contributed by atoms with Gasteiger partial charge in [0.25, 0.3) is 5.91 Å². The fraction of sp³-hybridized carbons (Fsp3) is 0.462. The molecule has 0 fully saturated rings. The van der Waals surface area contributed by atoms with Crippen molar-refractivity contribution in [2.45, 2.75) is 33.2 Å². The second-order valence-electron chi connectivity index (χ2n) is 4.18. The zero-order chi connectivity index (χ0) is 13.0. The molecule has 0 aromatic heterocycles. The van der Waals surface area contributed by atoms with Gasteiger partial charge in [0.15, 0.2) is 0 Å². The third-order valence-corrected chi connectivity index (χ3v) is 3.19. The Labute approximate surface area is 107 Å². The number of aliphatic hydroxyl groups is 1. The molecule has 0 aliphatic carbocycles. The third-order valence-electron chi connectivity index (χ3n) is 2.88. The van der Waals surface area contributed by atoms with Gasteiger partial charge in [0, 0.05) is 0 Å². The summed E-state index contributed by atoms with van der Waals surface area (Å²) in [4.78, 5) is 12.0. The van der Waals surface area contributed by atoms with Gasteiger partial charge in [-0.25, -0.2) is 0 Å². The van der Waals surface area contributed by atoms with Crippen LogP contribution in [0.1, 0.15) is 34.8 Å². The van der Waals surface area contributed by atoms with Gasteiger partial charge in [-0.2, -0.15) is 0 Å². The van der Waals surface area contributed by atoms with E-state index in [0.717, 1.165) is 11.1 Å². The molecule has 0 radical (unpaired) electrons. The van der Waals surface area contributed by atoms with Crippen molar-refractivity contribution < 1.29 is 9.90 Å². The molecule has 1 rings (SSSR count). The first-order valence-corrected chi connectivity index (χ1v) is 6.05. The molecular formula is C13H18ClNO2. The van der Waals surface area contributed by atoms with Crippen molar-refractivity contribution in [3.63, 3.8) is 0 Å². The summed E-state index contributed by atoms with van der Waals surface area (Å²) in [6.45, 7) is 5.73. The number of carbonyl (C=O) groups excluding carboxylic acids is 1. The van der Waals surface area contributed by atoms with Crippen LogP contribution in [0.5, 0.6) is 0 Å². The number of hydrogen-bond donors (Lipinski definition) is 2. The Balaban J connectivity index is 2.93. The quantitative estimate of drug-likeness (QED) is 0.868. The fourth-order valence-electron chi connectivity index (χ4n) is 1.49. The first-order valence-electron chi connectivity index (χ1n) is 5.68. The summed E-state index contributed by atoms with van der Waals surface area (Å²) in [5, 5.41) is 12.2. The van der Waals surface area contributed by atoms with Gasteiger partial charge in [-0.1, -0.05) is 18.5 Å². The van der Waals surface area contributed by atoms with E-state index >= 15 is 0 Å². The van der Waals surface area contributed by atoms with Crippen molar-refractivity contribution in [2.24, 2.45) is 0 Å². The van der Waals surface area contributed by atoms with Crippen LogP contribution in [0.4, 0.5) is 0 Å². The summed E-state index contributed by atoms with van der Waals surface area (Å²) in [6, 6.07) is 3.34. The number of nitrogens with one attached hydrogen (secondary N) is 1. The van der Waals surface area contributed by atoms with E-state index in [1.165, 1.54) is 0 Å². The lowest BCUT2D eigenvalue weighted by atomic mass is 10.1. The molecule has 2 N–H and O–H groups in total. The van der Waals surface area contributed by atoms with Crippen molar-refractivity contribution in [2.75, 3.05) is 6.61 Å². The largest absolute Gasteiger partial charge is 0.394 e. The highest BCUT2D eigenvalue weighted by Crippen LogP contribution is 2.20. The van der Waals surface area contributed by atoms with Gasteiger partial charge in [-0.15, -0.1) is 0 Å². The molecule has 0 saturated heterocycles. The molecule has 0 spiro atoms. The van der Waals surface area contributed by atoms with E-state index in [9.17, 15) is 4.79 Å². The highest BCUT2D eigenvalue weighted by molar-refractivity contribution is 6.34. The number of rotatable bonds is 4. The predicted molar refractivity (Wildman–Crippen MR) is 69.6 cm³/mol. The van der Waals surface area contributed by atoms with Crippen LogP contribution < -0.4 is 5.32 Å².